The molecular formula is C11H15BrFN3O. The highest BCUT2D eigenvalue weighted by molar-refractivity contribution is 9.10. The van der Waals surface area contributed by atoms with E-state index in [2.05, 4.69) is 21.2 Å². The summed E-state index contributed by atoms with van der Waals surface area (Å²) in [7, 11) is 0. The Morgan fingerprint density at radius 1 is 1.53 bits per heavy atom. The first-order valence-electron chi connectivity index (χ1n) is 5.02. The second-order valence-corrected chi connectivity index (χ2v) is 5.31. The van der Waals surface area contributed by atoms with Crippen LogP contribution in [0, 0.1) is 11.2 Å². The zero-order valence-electron chi connectivity index (χ0n) is 9.68. The topological polar surface area (TPSA) is 81.1 Å². The molecule has 0 aliphatic carbocycles. The highest BCUT2D eigenvalue weighted by Crippen LogP contribution is 2.27. The first kappa shape index (κ1) is 13.8. The number of nitrogens with two attached hydrogens (primary N) is 2. The molecule has 0 unspecified atom stereocenters. The fraction of sp³-hybridized carbons (Fsp3) is 0.364. The van der Waals surface area contributed by atoms with Crippen LogP contribution in [0.5, 0.6) is 0 Å². The maximum Gasteiger partial charge on any atom is 0.224 e. The summed E-state index contributed by atoms with van der Waals surface area (Å²) >= 11 is 3.04. The molecule has 1 amide bonds. The quantitative estimate of drug-likeness (QED) is 0.745. The number of hydrogen-bond acceptors (Lipinski definition) is 3. The van der Waals surface area contributed by atoms with E-state index in [9.17, 15) is 9.18 Å². The Labute approximate surface area is 108 Å². The minimum absolute atomic E-state index is 0.285. The van der Waals surface area contributed by atoms with Crippen LogP contribution in [0.2, 0.25) is 0 Å². The zero-order valence-corrected chi connectivity index (χ0v) is 11.3. The van der Waals surface area contributed by atoms with Gasteiger partial charge in [-0.1, -0.05) is 0 Å². The number of halogens is 2. The number of carbonyl (C=O) groups is 1. The number of carbonyl (C=O) groups excluding carboxylic acids is 1. The van der Waals surface area contributed by atoms with Crippen molar-refractivity contribution >= 4 is 33.2 Å². The summed E-state index contributed by atoms with van der Waals surface area (Å²) in [6.07, 6.45) is 0. The van der Waals surface area contributed by atoms with E-state index in [1.165, 1.54) is 12.1 Å². The van der Waals surface area contributed by atoms with E-state index in [1.54, 1.807) is 13.8 Å². The van der Waals surface area contributed by atoms with Crippen molar-refractivity contribution in [3.05, 3.63) is 22.4 Å². The maximum atomic E-state index is 13.3. The lowest BCUT2D eigenvalue weighted by Crippen LogP contribution is -2.37. The number of rotatable bonds is 4. The highest BCUT2D eigenvalue weighted by atomic mass is 79.9. The lowest BCUT2D eigenvalue weighted by atomic mass is 9.92. The van der Waals surface area contributed by atoms with Crippen LogP contribution >= 0.6 is 15.9 Å². The largest absolute Gasteiger partial charge is 0.397 e. The van der Waals surface area contributed by atoms with Crippen LogP contribution in [0.1, 0.15) is 13.8 Å². The molecule has 1 aromatic rings. The zero-order chi connectivity index (χ0) is 13.2. The van der Waals surface area contributed by atoms with Gasteiger partial charge in [-0.2, -0.15) is 0 Å². The molecule has 0 spiro atoms. The van der Waals surface area contributed by atoms with Crippen molar-refractivity contribution in [1.29, 1.82) is 0 Å². The summed E-state index contributed by atoms with van der Waals surface area (Å²) in [5.74, 6) is -0.847. The number of nitrogen functional groups attached to an aromatic ring is 1. The highest BCUT2D eigenvalue weighted by Gasteiger charge is 2.24. The molecule has 6 heteroatoms. The first-order valence-corrected chi connectivity index (χ1v) is 5.81. The fourth-order valence-electron chi connectivity index (χ4n) is 1.12. The Balaban J connectivity index is 2.83. The predicted molar refractivity (Wildman–Crippen MR) is 70.0 cm³/mol. The van der Waals surface area contributed by atoms with Gasteiger partial charge in [-0.25, -0.2) is 4.39 Å². The molecule has 0 saturated heterocycles. The van der Waals surface area contributed by atoms with Gasteiger partial charge in [0.1, 0.15) is 5.82 Å². The molecule has 0 radical (unpaired) electrons. The van der Waals surface area contributed by atoms with Crippen LogP contribution in [0.4, 0.5) is 15.8 Å². The Morgan fingerprint density at radius 2 is 2.12 bits per heavy atom. The van der Waals surface area contributed by atoms with Gasteiger partial charge in [0.2, 0.25) is 5.91 Å². The van der Waals surface area contributed by atoms with E-state index >= 15 is 0 Å². The predicted octanol–water partition coefficient (Wildman–Crippen LogP) is 2.09. The van der Waals surface area contributed by atoms with Gasteiger partial charge in [0.05, 0.1) is 21.3 Å². The third-order valence-corrected chi connectivity index (χ3v) is 3.09. The molecule has 0 aliphatic rings. The molecule has 0 saturated carbocycles. The molecule has 0 heterocycles. The molecule has 17 heavy (non-hydrogen) atoms. The van der Waals surface area contributed by atoms with Crippen molar-refractivity contribution in [1.82, 2.24) is 0 Å². The van der Waals surface area contributed by atoms with Crippen LogP contribution in [-0.4, -0.2) is 12.5 Å². The smallest absolute Gasteiger partial charge is 0.224 e. The summed E-state index contributed by atoms with van der Waals surface area (Å²) in [5, 5.41) is 2.92. The third kappa shape index (κ3) is 3.33. The Morgan fingerprint density at radius 3 is 2.65 bits per heavy atom. The molecule has 1 rings (SSSR count). The minimum atomic E-state index is -0.726. The number of nitrogens with one attached hydrogen (secondary N) is 1. The van der Waals surface area contributed by atoms with Crippen molar-refractivity contribution in [3.8, 4) is 0 Å². The number of anilines is 2. The van der Waals surface area contributed by atoms with Gasteiger partial charge < -0.3 is 16.8 Å². The first-order chi connectivity index (χ1) is 7.74. The van der Waals surface area contributed by atoms with Crippen molar-refractivity contribution < 1.29 is 9.18 Å². The molecule has 0 aromatic heterocycles. The summed E-state index contributed by atoms with van der Waals surface area (Å²) in [4.78, 5) is 11.1. The van der Waals surface area contributed by atoms with E-state index in [0.29, 0.717) is 15.8 Å². The van der Waals surface area contributed by atoms with Gasteiger partial charge in [-0.15, -0.1) is 0 Å². The van der Waals surface area contributed by atoms with Crippen molar-refractivity contribution in [3.63, 3.8) is 0 Å². The molecule has 0 atom stereocenters. The third-order valence-electron chi connectivity index (χ3n) is 2.48. The minimum Gasteiger partial charge on any atom is -0.397 e. The normalized spacial score (nSPS) is 11.3. The van der Waals surface area contributed by atoms with Gasteiger partial charge in [0, 0.05) is 12.6 Å². The molecular weight excluding hydrogens is 289 g/mol. The van der Waals surface area contributed by atoms with E-state index < -0.39 is 17.1 Å². The average molecular weight is 304 g/mol. The molecule has 1 aromatic carbocycles. The second kappa shape index (κ2) is 4.91. The molecule has 0 bridgehead atoms. The van der Waals surface area contributed by atoms with Crippen molar-refractivity contribution in [2.24, 2.45) is 11.1 Å². The van der Waals surface area contributed by atoms with Crippen LogP contribution in [0.15, 0.2) is 16.6 Å². The molecule has 0 aliphatic heterocycles. The Hall–Kier alpha value is -1.30. The summed E-state index contributed by atoms with van der Waals surface area (Å²) in [5.41, 5.74) is 11.1. The summed E-state index contributed by atoms with van der Waals surface area (Å²) < 4.78 is 13.6. The van der Waals surface area contributed by atoms with Crippen LogP contribution in [0.3, 0.4) is 0 Å². The standard InChI is InChI=1S/C11H15BrFN3O/c1-11(2,10(15)17)5-16-9-4-7(13)6(12)3-8(9)14/h3-4,16H,5,14H2,1-2H3,(H2,15,17). The summed E-state index contributed by atoms with van der Waals surface area (Å²) in [6, 6.07) is 2.74. The lowest BCUT2D eigenvalue weighted by molar-refractivity contribution is -0.125. The van der Waals surface area contributed by atoms with E-state index in [0.717, 1.165) is 0 Å². The van der Waals surface area contributed by atoms with E-state index in [1.807, 2.05) is 0 Å². The van der Waals surface area contributed by atoms with E-state index in [-0.39, 0.29) is 6.54 Å². The van der Waals surface area contributed by atoms with Crippen LogP contribution in [0.25, 0.3) is 0 Å². The van der Waals surface area contributed by atoms with Crippen molar-refractivity contribution in [2.45, 2.75) is 13.8 Å². The number of amides is 1. The van der Waals surface area contributed by atoms with E-state index in [4.69, 9.17) is 11.5 Å². The molecule has 4 nitrogen and oxygen atoms in total. The van der Waals surface area contributed by atoms with Gasteiger partial charge >= 0.3 is 0 Å². The monoisotopic (exact) mass is 303 g/mol. The fourth-order valence-corrected chi connectivity index (χ4v) is 1.48. The summed E-state index contributed by atoms with van der Waals surface area (Å²) in [6.45, 7) is 3.69. The number of benzene rings is 1. The molecule has 94 valence electrons. The maximum absolute atomic E-state index is 13.3. The number of primary amides is 1. The SMILES string of the molecule is CC(C)(CNc1cc(F)c(Br)cc1N)C(N)=O. The number of hydrogen-bond donors (Lipinski definition) is 3. The van der Waals surface area contributed by atoms with Crippen molar-refractivity contribution in [2.75, 3.05) is 17.6 Å². The van der Waals surface area contributed by atoms with Gasteiger partial charge in [0.25, 0.3) is 0 Å². The Bertz CT molecular complexity index is 449. The second-order valence-electron chi connectivity index (χ2n) is 4.46. The molecule has 5 N–H and O–H groups in total. The van der Waals surface area contributed by atoms with Gasteiger partial charge in [-0.3, -0.25) is 4.79 Å². The Kier molecular flexibility index (Phi) is 3.98. The van der Waals surface area contributed by atoms with Crippen LogP contribution < -0.4 is 16.8 Å². The average Bonchev–Trinajstić information content (AvgIpc) is 2.21. The van der Waals surface area contributed by atoms with Gasteiger partial charge in [0.15, 0.2) is 0 Å². The van der Waals surface area contributed by atoms with Crippen LogP contribution in [-0.2, 0) is 4.79 Å². The van der Waals surface area contributed by atoms with Gasteiger partial charge in [-0.05, 0) is 35.8 Å². The molecule has 0 fully saturated rings. The lowest BCUT2D eigenvalue weighted by Gasteiger charge is -2.22.